The van der Waals surface area contributed by atoms with Crippen LogP contribution < -0.4 is 0 Å². The predicted octanol–water partition coefficient (Wildman–Crippen LogP) is 26.6. The van der Waals surface area contributed by atoms with Crippen LogP contribution in [-0.4, -0.2) is 23.1 Å². The number of hydrogen-bond acceptors (Lipinski definition) is 12. The number of carbonyl (C=O) groups is 2. The zero-order valence-electron chi connectivity index (χ0n) is 50.7. The van der Waals surface area contributed by atoms with Gasteiger partial charge in [0.15, 0.2) is 11.6 Å². The predicted molar refractivity (Wildman–Crippen MR) is 376 cm³/mol. The van der Waals surface area contributed by atoms with E-state index in [9.17, 15) is 0 Å². The number of thiophene rings is 8. The highest BCUT2D eigenvalue weighted by molar-refractivity contribution is 8.01. The summed E-state index contributed by atoms with van der Waals surface area (Å²) in [6.07, 6.45) is 19.8. The smallest absolute Gasteiger partial charge is 0.197 e. The lowest BCUT2D eigenvalue weighted by atomic mass is 9.81. The van der Waals surface area contributed by atoms with Crippen LogP contribution in [-0.2, 0) is 12.8 Å². The van der Waals surface area contributed by atoms with Crippen molar-refractivity contribution in [2.45, 2.75) is 193 Å². The fourth-order valence-electron chi connectivity index (χ4n) is 12.2. The zero-order chi connectivity index (χ0) is 59.3. The van der Waals surface area contributed by atoms with Crippen molar-refractivity contribution in [1.82, 2.24) is 0 Å². The topological polar surface area (TPSA) is 34.1 Å². The van der Waals surface area contributed by atoms with Gasteiger partial charge in [0.2, 0.25) is 0 Å². The molecule has 0 N–H and O–H groups in total. The quantitative estimate of drug-likeness (QED) is 0.0406. The van der Waals surface area contributed by atoms with Crippen molar-refractivity contribution >= 4 is 146 Å². The summed E-state index contributed by atoms with van der Waals surface area (Å²) >= 11 is 16.7. The molecule has 0 aliphatic heterocycles. The maximum atomic E-state index is 16.5. The summed E-state index contributed by atoms with van der Waals surface area (Å²) in [5.41, 5.74) is 4.62. The maximum Gasteiger partial charge on any atom is 0.197 e. The Morgan fingerprint density at radius 1 is 0.405 bits per heavy atom. The third-order valence-electron chi connectivity index (χ3n) is 17.3. The molecule has 8 heterocycles. The van der Waals surface area contributed by atoms with E-state index in [0.717, 1.165) is 208 Å². The maximum absolute atomic E-state index is 16.5. The molecule has 0 fully saturated rings. The molecule has 0 bridgehead atoms. The molecule has 1 aromatic carbocycles. The normalized spacial score (nSPS) is 14.1. The SMILES string of the molecule is CCCCC(CC)CSc1sc(-c2c3cc(-c4ccc(-c5sc(-c6ccc(C)s6)c6c5C(=O)c5c(CC(CC)CCCC)sc(CC(CC)CCCC)c5C6=O)s4)sc3c(-c3cc(F)c(SCC(CC)CCCC)s3)c3cc(C)sc23)cc1F. The fourth-order valence-corrected chi connectivity index (χ4v) is 24.7. The molecule has 2 nitrogen and oxygen atoms in total. The van der Waals surface area contributed by atoms with Crippen LogP contribution in [0.3, 0.4) is 0 Å². The molecule has 4 unspecified atom stereocenters. The second kappa shape index (κ2) is 29.3. The first-order valence-corrected chi connectivity index (χ1v) is 39.7. The van der Waals surface area contributed by atoms with Gasteiger partial charge in [0, 0.05) is 103 Å². The van der Waals surface area contributed by atoms with E-state index in [0.29, 0.717) is 45.9 Å². The van der Waals surface area contributed by atoms with E-state index in [2.05, 4.69) is 106 Å². The van der Waals surface area contributed by atoms with Gasteiger partial charge in [-0.05, 0) is 112 Å². The molecule has 0 saturated carbocycles. The van der Waals surface area contributed by atoms with Gasteiger partial charge in [0.05, 0.1) is 29.3 Å². The van der Waals surface area contributed by atoms with Crippen molar-refractivity contribution in [2.24, 2.45) is 23.7 Å². The van der Waals surface area contributed by atoms with Gasteiger partial charge in [-0.1, -0.05) is 145 Å². The summed E-state index contributed by atoms with van der Waals surface area (Å²) in [5.74, 6) is 3.50. The van der Waals surface area contributed by atoms with E-state index in [-0.39, 0.29) is 23.2 Å². The zero-order valence-corrected chi connectivity index (χ0v) is 58.9. The Balaban J connectivity index is 1.12. The third-order valence-corrected chi connectivity index (χ3v) is 29.8. The highest BCUT2D eigenvalue weighted by atomic mass is 32.2. The molecule has 0 saturated heterocycles. The lowest BCUT2D eigenvalue weighted by Crippen LogP contribution is -2.22. The number of ketones is 2. The molecule has 0 radical (unpaired) electrons. The van der Waals surface area contributed by atoms with E-state index in [4.69, 9.17) is 0 Å². The summed E-state index contributed by atoms with van der Waals surface area (Å²) in [5, 5.41) is 2.14. The number of benzene rings is 1. The van der Waals surface area contributed by atoms with Gasteiger partial charge < -0.3 is 0 Å². The summed E-state index contributed by atoms with van der Waals surface area (Å²) in [6.45, 7) is 22.3. The molecular weight excluding hydrogens is 1230 g/mol. The first-order chi connectivity index (χ1) is 40.8. The van der Waals surface area contributed by atoms with Gasteiger partial charge in [-0.15, -0.1) is 114 Å². The molecule has 4 atom stereocenters. The Hall–Kier alpha value is -2.76. The first-order valence-electron chi connectivity index (χ1n) is 31.2. The minimum Gasteiger partial charge on any atom is -0.288 e. The van der Waals surface area contributed by atoms with Crippen LogP contribution >= 0.6 is 114 Å². The van der Waals surface area contributed by atoms with Crippen LogP contribution in [0, 0.1) is 49.2 Å². The molecule has 9 aromatic rings. The number of carbonyl (C=O) groups excluding carboxylic acids is 2. The largest absolute Gasteiger partial charge is 0.288 e. The lowest BCUT2D eigenvalue weighted by molar-refractivity contribution is 0.0980. The van der Waals surface area contributed by atoms with Crippen molar-refractivity contribution in [3.8, 4) is 50.1 Å². The van der Waals surface area contributed by atoms with Crippen molar-refractivity contribution in [1.29, 1.82) is 0 Å². The summed E-state index contributed by atoms with van der Waals surface area (Å²) < 4.78 is 36.6. The number of rotatable bonds is 31. The molecule has 1 aliphatic carbocycles. The number of fused-ring (bicyclic) bond motifs is 4. The Morgan fingerprint density at radius 3 is 1.31 bits per heavy atom. The van der Waals surface area contributed by atoms with Gasteiger partial charge in [-0.2, -0.15) is 0 Å². The van der Waals surface area contributed by atoms with Gasteiger partial charge in [0.25, 0.3) is 0 Å². The standard InChI is InChI=1S/C70H82F2O2S10/c1-11-19-23-41(15-5)32-53-59-60(54(80-53)33-42(16-6)24-20-12-2)64(74)62-61(63(59)73)67(50-28-27-39(9)77-50)84-68(62)51-30-29-49(79-51)52-34-46-58(56-36-48(72)70(83-56)76-38-44(18-8)26-22-14-4)65-45(31-40(10)78-65)57(66(46)81-52)55-35-47(71)69(82-55)75-37-43(17-7)25-21-13-3/h27-31,34-36,41-44H,11-26,32-33,37-38H2,1-10H3. The fraction of sp³-hybridized carbons (Fsp3) is 0.486. The highest BCUT2D eigenvalue weighted by Crippen LogP contribution is 2.57. The van der Waals surface area contributed by atoms with Gasteiger partial charge in [-0.25, -0.2) is 8.78 Å². The Morgan fingerprint density at radius 2 is 0.845 bits per heavy atom. The molecule has 448 valence electrons. The van der Waals surface area contributed by atoms with Crippen molar-refractivity contribution in [3.63, 3.8) is 0 Å². The minimum atomic E-state index is -0.158. The Kier molecular flexibility index (Phi) is 22.4. The highest BCUT2D eigenvalue weighted by Gasteiger charge is 2.42. The van der Waals surface area contributed by atoms with Crippen LogP contribution in [0.15, 0.2) is 56.9 Å². The average Bonchev–Trinajstić information content (AvgIpc) is 1.72. The summed E-state index contributed by atoms with van der Waals surface area (Å²) in [7, 11) is 0. The van der Waals surface area contributed by atoms with Crippen LogP contribution in [0.2, 0.25) is 0 Å². The lowest BCUT2D eigenvalue weighted by Gasteiger charge is -2.19. The Bertz CT molecular complexity index is 3610. The van der Waals surface area contributed by atoms with Crippen LogP contribution in [0.5, 0.6) is 0 Å². The van der Waals surface area contributed by atoms with Crippen molar-refractivity contribution in [3.05, 3.63) is 102 Å². The second-order valence-corrected chi connectivity index (χ2v) is 34.9. The summed E-state index contributed by atoms with van der Waals surface area (Å²) in [6, 6.07) is 16.7. The molecule has 8 aromatic heterocycles. The molecule has 1 aliphatic rings. The van der Waals surface area contributed by atoms with E-state index in [1.54, 1.807) is 126 Å². The van der Waals surface area contributed by atoms with Gasteiger partial charge in [0.1, 0.15) is 11.6 Å². The van der Waals surface area contributed by atoms with E-state index in [1.807, 2.05) is 0 Å². The van der Waals surface area contributed by atoms with Gasteiger partial charge in [-0.3, -0.25) is 9.59 Å². The van der Waals surface area contributed by atoms with Crippen molar-refractivity contribution in [2.75, 3.05) is 11.5 Å². The number of thioether (sulfide) groups is 2. The number of halogens is 2. The molecule has 0 amide bonds. The average molecular weight is 1310 g/mol. The van der Waals surface area contributed by atoms with Crippen LogP contribution in [0.1, 0.15) is 209 Å². The van der Waals surface area contributed by atoms with Crippen molar-refractivity contribution < 1.29 is 18.4 Å². The number of hydrogen-bond donors (Lipinski definition) is 0. The van der Waals surface area contributed by atoms with E-state index >= 15 is 18.4 Å². The first kappa shape index (κ1) is 64.2. The Labute approximate surface area is 539 Å². The molecule has 0 spiro atoms. The molecule has 14 heteroatoms. The third kappa shape index (κ3) is 13.5. The van der Waals surface area contributed by atoms with Crippen LogP contribution in [0.25, 0.3) is 70.3 Å². The number of unbranched alkanes of at least 4 members (excludes halogenated alkanes) is 4. The van der Waals surface area contributed by atoms with Crippen LogP contribution in [0.4, 0.5) is 8.78 Å². The molecule has 10 rings (SSSR count). The van der Waals surface area contributed by atoms with E-state index in [1.165, 1.54) is 17.7 Å². The monoisotopic (exact) mass is 1310 g/mol. The summed E-state index contributed by atoms with van der Waals surface area (Å²) in [4.78, 5) is 44.0. The molecular formula is C70H82F2O2S10. The van der Waals surface area contributed by atoms with E-state index < -0.39 is 0 Å². The van der Waals surface area contributed by atoms with Gasteiger partial charge >= 0.3 is 0 Å². The minimum absolute atomic E-state index is 0.00932. The molecule has 84 heavy (non-hydrogen) atoms. The second-order valence-electron chi connectivity index (χ2n) is 23.3. The number of aryl methyl sites for hydroxylation is 2.